The van der Waals surface area contributed by atoms with Gasteiger partial charge in [0.2, 0.25) is 0 Å². The monoisotopic (exact) mass is 311 g/mol. The molecule has 0 N–H and O–H groups in total. The summed E-state index contributed by atoms with van der Waals surface area (Å²) < 4.78 is 0. The number of hydrogen-bond donors (Lipinski definition) is 0. The number of ketones is 2. The van der Waals surface area contributed by atoms with Crippen molar-refractivity contribution in [3.05, 3.63) is 35.4 Å². The molecule has 2 aliphatic rings. The van der Waals surface area contributed by atoms with E-state index in [4.69, 9.17) is 0 Å². The highest BCUT2D eigenvalue weighted by Crippen LogP contribution is 2.61. The lowest BCUT2D eigenvalue weighted by Crippen LogP contribution is -2.49. The molecule has 0 amide bonds. The van der Waals surface area contributed by atoms with Crippen molar-refractivity contribution in [3.63, 3.8) is 0 Å². The lowest BCUT2D eigenvalue weighted by molar-refractivity contribution is -0.139. The Hall–Kier alpha value is -1.90. The number of benzene rings is 1. The third-order valence-corrected chi connectivity index (χ3v) is 6.27. The minimum atomic E-state index is -0.416. The van der Waals surface area contributed by atoms with Crippen molar-refractivity contribution in [1.82, 2.24) is 0 Å². The van der Waals surface area contributed by atoms with Gasteiger partial charge in [-0.3, -0.25) is 9.59 Å². The second-order valence-corrected chi connectivity index (χ2v) is 7.88. The molecule has 3 nitrogen and oxygen atoms in total. The highest BCUT2D eigenvalue weighted by atomic mass is 16.2. The van der Waals surface area contributed by atoms with Crippen molar-refractivity contribution in [2.24, 2.45) is 16.7 Å². The van der Waals surface area contributed by atoms with Gasteiger partial charge in [0, 0.05) is 31.1 Å². The Balaban J connectivity index is 2.00. The molecular weight excluding hydrogens is 286 g/mol. The SMILES string of the molecule is CN(C)c1ccc(/C=C2\C(=O)[C@H]3CC[C@](C)(C2=O)C3(C)C)cc1. The normalized spacial score (nSPS) is 30.8. The van der Waals surface area contributed by atoms with E-state index < -0.39 is 5.41 Å². The third-order valence-electron chi connectivity index (χ3n) is 6.27. The highest BCUT2D eigenvalue weighted by molar-refractivity contribution is 6.28. The van der Waals surface area contributed by atoms with Crippen LogP contribution in [0.15, 0.2) is 29.8 Å². The Morgan fingerprint density at radius 2 is 1.70 bits per heavy atom. The van der Waals surface area contributed by atoms with Crippen LogP contribution in [0.1, 0.15) is 39.2 Å². The van der Waals surface area contributed by atoms with E-state index in [1.807, 2.05) is 50.2 Å². The minimum Gasteiger partial charge on any atom is -0.378 e. The van der Waals surface area contributed by atoms with Gasteiger partial charge in [-0.15, -0.1) is 0 Å². The molecule has 0 heterocycles. The van der Waals surface area contributed by atoms with E-state index in [-0.39, 0.29) is 22.9 Å². The molecule has 0 radical (unpaired) electrons. The average Bonchev–Trinajstić information content (AvgIpc) is 2.69. The molecule has 0 aromatic heterocycles. The number of allylic oxidation sites excluding steroid dienone is 1. The summed E-state index contributed by atoms with van der Waals surface area (Å²) in [5.74, 6) is 0.0297. The van der Waals surface area contributed by atoms with Crippen LogP contribution in [0.2, 0.25) is 0 Å². The van der Waals surface area contributed by atoms with E-state index in [0.29, 0.717) is 5.57 Å². The molecule has 0 aliphatic heterocycles. The van der Waals surface area contributed by atoms with Crippen LogP contribution in [0.4, 0.5) is 5.69 Å². The molecule has 2 fully saturated rings. The van der Waals surface area contributed by atoms with Crippen molar-refractivity contribution >= 4 is 23.3 Å². The summed E-state index contributed by atoms with van der Waals surface area (Å²) in [6.45, 7) is 6.18. The summed E-state index contributed by atoms with van der Waals surface area (Å²) in [5, 5.41) is 0. The quantitative estimate of drug-likeness (QED) is 0.617. The van der Waals surface area contributed by atoms with E-state index in [0.717, 1.165) is 24.1 Å². The zero-order chi connectivity index (χ0) is 17.0. The molecule has 1 aromatic carbocycles. The maximum absolute atomic E-state index is 13.0. The molecule has 2 atom stereocenters. The van der Waals surface area contributed by atoms with Crippen LogP contribution in [-0.2, 0) is 9.59 Å². The van der Waals surface area contributed by atoms with Gasteiger partial charge in [0.15, 0.2) is 11.6 Å². The van der Waals surface area contributed by atoms with Crippen LogP contribution in [0, 0.1) is 16.7 Å². The number of rotatable bonds is 2. The summed E-state index contributed by atoms with van der Waals surface area (Å²) in [6, 6.07) is 7.94. The van der Waals surface area contributed by atoms with Crippen LogP contribution in [0.3, 0.4) is 0 Å². The van der Waals surface area contributed by atoms with Crippen LogP contribution in [0.5, 0.6) is 0 Å². The van der Waals surface area contributed by atoms with Crippen molar-refractivity contribution in [3.8, 4) is 0 Å². The van der Waals surface area contributed by atoms with Crippen molar-refractivity contribution in [2.75, 3.05) is 19.0 Å². The summed E-state index contributed by atoms with van der Waals surface area (Å²) >= 11 is 0. The van der Waals surface area contributed by atoms with Crippen LogP contribution >= 0.6 is 0 Å². The van der Waals surface area contributed by atoms with Gasteiger partial charge in [-0.05, 0) is 42.0 Å². The predicted octanol–water partition coefficient (Wildman–Crippen LogP) is 3.73. The van der Waals surface area contributed by atoms with E-state index in [1.54, 1.807) is 6.08 Å². The molecule has 0 spiro atoms. The van der Waals surface area contributed by atoms with E-state index in [1.165, 1.54) is 0 Å². The molecule has 23 heavy (non-hydrogen) atoms. The van der Waals surface area contributed by atoms with Gasteiger partial charge >= 0.3 is 0 Å². The Morgan fingerprint density at radius 1 is 1.09 bits per heavy atom. The summed E-state index contributed by atoms with van der Waals surface area (Å²) in [5.41, 5.74) is 1.75. The standard InChI is InChI=1S/C20H25NO2/c1-19(2)16-10-11-20(19,3)18(23)15(17(16)22)12-13-6-8-14(9-7-13)21(4)5/h6-9,12,16H,10-11H2,1-5H3/b15-12+/t16-,20-/m1/s1. The summed E-state index contributed by atoms with van der Waals surface area (Å²) in [6.07, 6.45) is 3.42. The topological polar surface area (TPSA) is 37.4 Å². The fourth-order valence-electron chi connectivity index (χ4n) is 4.13. The van der Waals surface area contributed by atoms with E-state index in [9.17, 15) is 9.59 Å². The van der Waals surface area contributed by atoms with Gasteiger partial charge in [0.25, 0.3) is 0 Å². The second kappa shape index (κ2) is 5.05. The molecule has 0 saturated heterocycles. The lowest BCUT2D eigenvalue weighted by Gasteiger charge is -2.44. The maximum Gasteiger partial charge on any atom is 0.172 e. The minimum absolute atomic E-state index is 0.0259. The maximum atomic E-state index is 13.0. The zero-order valence-electron chi connectivity index (χ0n) is 14.6. The average molecular weight is 311 g/mol. The molecule has 2 bridgehead atoms. The van der Waals surface area contributed by atoms with Crippen LogP contribution < -0.4 is 4.90 Å². The first-order valence-corrected chi connectivity index (χ1v) is 8.26. The fraction of sp³-hybridized carbons (Fsp3) is 0.500. The molecule has 3 heteroatoms. The van der Waals surface area contributed by atoms with Gasteiger partial charge in [-0.1, -0.05) is 32.9 Å². The van der Waals surface area contributed by atoms with Gasteiger partial charge in [-0.2, -0.15) is 0 Å². The van der Waals surface area contributed by atoms with Crippen LogP contribution in [-0.4, -0.2) is 25.7 Å². The van der Waals surface area contributed by atoms with Crippen molar-refractivity contribution in [2.45, 2.75) is 33.6 Å². The predicted molar refractivity (Wildman–Crippen MR) is 93.4 cm³/mol. The van der Waals surface area contributed by atoms with E-state index in [2.05, 4.69) is 13.8 Å². The Bertz CT molecular complexity index is 697. The number of fused-ring (bicyclic) bond motifs is 2. The number of hydrogen-bond acceptors (Lipinski definition) is 3. The third kappa shape index (κ3) is 2.17. The fourth-order valence-corrected chi connectivity index (χ4v) is 4.13. The van der Waals surface area contributed by atoms with Gasteiger partial charge in [0.05, 0.1) is 5.57 Å². The zero-order valence-corrected chi connectivity index (χ0v) is 14.6. The Morgan fingerprint density at radius 3 is 2.26 bits per heavy atom. The van der Waals surface area contributed by atoms with Crippen molar-refractivity contribution < 1.29 is 9.59 Å². The first-order valence-electron chi connectivity index (χ1n) is 8.26. The van der Waals surface area contributed by atoms with Crippen molar-refractivity contribution in [1.29, 1.82) is 0 Å². The molecule has 0 unspecified atom stereocenters. The van der Waals surface area contributed by atoms with Gasteiger partial charge < -0.3 is 4.90 Å². The Labute approximate surface area is 138 Å². The van der Waals surface area contributed by atoms with Gasteiger partial charge in [0.1, 0.15) is 0 Å². The smallest absolute Gasteiger partial charge is 0.172 e. The summed E-state index contributed by atoms with van der Waals surface area (Å²) in [4.78, 5) is 27.9. The van der Waals surface area contributed by atoms with Crippen LogP contribution in [0.25, 0.3) is 6.08 Å². The number of carbonyl (C=O) groups excluding carboxylic acids is 2. The molecule has 2 saturated carbocycles. The molecule has 1 aromatic rings. The Kier molecular flexibility index (Phi) is 3.51. The number of anilines is 1. The molecular formula is C20H25NO2. The molecule has 2 aliphatic carbocycles. The lowest BCUT2D eigenvalue weighted by atomic mass is 9.57. The van der Waals surface area contributed by atoms with Gasteiger partial charge in [-0.25, -0.2) is 0 Å². The summed E-state index contributed by atoms with van der Waals surface area (Å²) in [7, 11) is 3.98. The number of nitrogens with zero attached hydrogens (tertiary/aromatic N) is 1. The highest BCUT2D eigenvalue weighted by Gasteiger charge is 2.62. The first-order chi connectivity index (χ1) is 10.7. The molecule has 3 rings (SSSR count). The number of Topliss-reactive ketones (excluding diaryl/α,β-unsaturated/α-hetero) is 2. The second-order valence-electron chi connectivity index (χ2n) is 7.88. The van der Waals surface area contributed by atoms with E-state index >= 15 is 0 Å². The largest absolute Gasteiger partial charge is 0.378 e. The molecule has 122 valence electrons. The number of carbonyl (C=O) groups is 2. The first kappa shape index (κ1) is 16.0.